The van der Waals surface area contributed by atoms with Gasteiger partial charge in [-0.25, -0.2) is 4.98 Å². The summed E-state index contributed by atoms with van der Waals surface area (Å²) in [5.41, 5.74) is 1.49. The number of amides is 1. The van der Waals surface area contributed by atoms with E-state index in [1.165, 1.54) is 25.8 Å². The molecule has 0 aromatic carbocycles. The van der Waals surface area contributed by atoms with Crippen molar-refractivity contribution in [2.24, 2.45) is 5.92 Å². The van der Waals surface area contributed by atoms with Gasteiger partial charge in [-0.1, -0.05) is 24.9 Å². The van der Waals surface area contributed by atoms with E-state index in [0.717, 1.165) is 56.5 Å². The highest BCUT2D eigenvalue weighted by atomic mass is 16.5. The van der Waals surface area contributed by atoms with Crippen LogP contribution in [0.4, 0.5) is 5.82 Å². The molecule has 29 heavy (non-hydrogen) atoms. The van der Waals surface area contributed by atoms with Gasteiger partial charge in [0.1, 0.15) is 5.82 Å². The van der Waals surface area contributed by atoms with E-state index in [0.29, 0.717) is 17.9 Å². The molecule has 1 aliphatic heterocycles. The first-order valence-electron chi connectivity index (χ1n) is 10.9. The van der Waals surface area contributed by atoms with Gasteiger partial charge < -0.3 is 14.7 Å². The Labute approximate surface area is 172 Å². The molecule has 2 aromatic rings. The largest absolute Gasteiger partial charge is 0.359 e. The minimum atomic E-state index is -0.150. The number of pyridine rings is 1. The van der Waals surface area contributed by atoms with Crippen LogP contribution in [0.3, 0.4) is 0 Å². The first-order chi connectivity index (χ1) is 14.2. The predicted molar refractivity (Wildman–Crippen MR) is 112 cm³/mol. The molecule has 0 unspecified atom stereocenters. The lowest BCUT2D eigenvalue weighted by molar-refractivity contribution is 0.0946. The average Bonchev–Trinajstić information content (AvgIpc) is 3.17. The molecule has 0 bridgehead atoms. The third-order valence-corrected chi connectivity index (χ3v) is 5.98. The molecule has 1 aliphatic carbocycles. The maximum atomic E-state index is 12.4. The Morgan fingerprint density at radius 2 is 2.07 bits per heavy atom. The van der Waals surface area contributed by atoms with Crippen molar-refractivity contribution >= 4 is 11.7 Å². The normalized spacial score (nSPS) is 17.9. The van der Waals surface area contributed by atoms with Crippen LogP contribution >= 0.6 is 0 Å². The second-order valence-electron chi connectivity index (χ2n) is 8.21. The number of piperazine rings is 1. The molecular weight excluding hydrogens is 366 g/mol. The molecule has 7 nitrogen and oxygen atoms in total. The number of rotatable bonds is 8. The van der Waals surface area contributed by atoms with Crippen molar-refractivity contribution in [3.8, 4) is 0 Å². The Balaban J connectivity index is 1.24. The summed E-state index contributed by atoms with van der Waals surface area (Å²) < 4.78 is 5.25. The first kappa shape index (κ1) is 19.9. The molecule has 0 spiro atoms. The summed E-state index contributed by atoms with van der Waals surface area (Å²) in [6.07, 6.45) is 7.79. The van der Waals surface area contributed by atoms with Crippen molar-refractivity contribution in [2.45, 2.75) is 45.6 Å². The van der Waals surface area contributed by atoms with E-state index >= 15 is 0 Å². The van der Waals surface area contributed by atoms with Gasteiger partial charge in [-0.05, 0) is 37.3 Å². The summed E-state index contributed by atoms with van der Waals surface area (Å²) >= 11 is 0. The smallest absolute Gasteiger partial charge is 0.253 e. The van der Waals surface area contributed by atoms with Crippen LogP contribution in [0.2, 0.25) is 0 Å². The summed E-state index contributed by atoms with van der Waals surface area (Å²) in [4.78, 5) is 21.8. The van der Waals surface area contributed by atoms with Crippen LogP contribution in [0.5, 0.6) is 0 Å². The summed E-state index contributed by atoms with van der Waals surface area (Å²) in [5.74, 6) is 2.39. The number of carbonyl (C=O) groups is 1. The van der Waals surface area contributed by atoms with Crippen molar-refractivity contribution in [3.05, 3.63) is 41.4 Å². The lowest BCUT2D eigenvalue weighted by Crippen LogP contribution is -2.48. The summed E-state index contributed by atoms with van der Waals surface area (Å²) in [7, 11) is 0. The molecule has 3 heterocycles. The van der Waals surface area contributed by atoms with Crippen molar-refractivity contribution in [1.29, 1.82) is 0 Å². The van der Waals surface area contributed by atoms with Gasteiger partial charge in [-0.15, -0.1) is 0 Å². The molecule has 0 atom stereocenters. The van der Waals surface area contributed by atoms with Crippen molar-refractivity contribution in [2.75, 3.05) is 37.6 Å². The van der Waals surface area contributed by atoms with Gasteiger partial charge in [0.05, 0.1) is 17.8 Å². The molecule has 1 saturated carbocycles. The third-order valence-electron chi connectivity index (χ3n) is 5.98. The first-order valence-corrected chi connectivity index (χ1v) is 10.9. The minimum absolute atomic E-state index is 0.150. The SMILES string of the molecule is CCCc1cc(CNC(=O)c2ccc(N3CCN(CC4CCC4)CC3)nc2)on1. The number of aryl methyl sites for hydroxylation is 1. The van der Waals surface area contributed by atoms with Gasteiger partial charge in [0.2, 0.25) is 0 Å². The topological polar surface area (TPSA) is 74.5 Å². The van der Waals surface area contributed by atoms with Gasteiger partial charge in [0, 0.05) is 45.0 Å². The maximum Gasteiger partial charge on any atom is 0.253 e. The van der Waals surface area contributed by atoms with E-state index in [1.54, 1.807) is 6.20 Å². The number of nitrogens with one attached hydrogen (secondary N) is 1. The zero-order chi connectivity index (χ0) is 20.1. The molecule has 7 heteroatoms. The number of aromatic nitrogens is 2. The Hall–Kier alpha value is -2.41. The van der Waals surface area contributed by atoms with Crippen LogP contribution in [0.25, 0.3) is 0 Å². The highest BCUT2D eigenvalue weighted by Crippen LogP contribution is 2.27. The third kappa shape index (κ3) is 5.15. The summed E-state index contributed by atoms with van der Waals surface area (Å²) in [6.45, 7) is 7.87. The number of carbonyl (C=O) groups excluding carboxylic acids is 1. The molecule has 1 N–H and O–H groups in total. The van der Waals surface area contributed by atoms with Crippen LogP contribution in [0.1, 0.15) is 54.4 Å². The number of anilines is 1. The van der Waals surface area contributed by atoms with Crippen LogP contribution in [0, 0.1) is 5.92 Å². The van der Waals surface area contributed by atoms with E-state index in [9.17, 15) is 4.79 Å². The fourth-order valence-electron chi connectivity index (χ4n) is 3.99. The molecule has 2 fully saturated rings. The second-order valence-corrected chi connectivity index (χ2v) is 8.21. The molecular formula is C22H31N5O2. The molecule has 2 aliphatic rings. The molecule has 2 aromatic heterocycles. The zero-order valence-corrected chi connectivity index (χ0v) is 17.3. The van der Waals surface area contributed by atoms with E-state index in [-0.39, 0.29) is 5.91 Å². The van der Waals surface area contributed by atoms with Crippen LogP contribution in [0.15, 0.2) is 28.9 Å². The van der Waals surface area contributed by atoms with Crippen LogP contribution in [-0.4, -0.2) is 53.7 Å². The van der Waals surface area contributed by atoms with Crippen LogP contribution in [-0.2, 0) is 13.0 Å². The van der Waals surface area contributed by atoms with Crippen molar-refractivity contribution in [3.63, 3.8) is 0 Å². The Bertz CT molecular complexity index is 792. The van der Waals surface area contributed by atoms with E-state index in [4.69, 9.17) is 4.52 Å². The number of nitrogens with zero attached hydrogens (tertiary/aromatic N) is 4. The number of hydrogen-bond acceptors (Lipinski definition) is 6. The Morgan fingerprint density at radius 3 is 2.72 bits per heavy atom. The maximum absolute atomic E-state index is 12.4. The molecule has 156 valence electrons. The fraction of sp³-hybridized carbons (Fsp3) is 0.591. The predicted octanol–water partition coefficient (Wildman–Crippen LogP) is 2.87. The highest BCUT2D eigenvalue weighted by Gasteiger charge is 2.24. The molecule has 4 rings (SSSR count). The van der Waals surface area contributed by atoms with Crippen LogP contribution < -0.4 is 10.2 Å². The highest BCUT2D eigenvalue weighted by molar-refractivity contribution is 5.93. The molecule has 1 saturated heterocycles. The van der Waals surface area contributed by atoms with E-state index in [2.05, 4.69) is 32.2 Å². The van der Waals surface area contributed by atoms with Gasteiger partial charge in [0.15, 0.2) is 5.76 Å². The summed E-state index contributed by atoms with van der Waals surface area (Å²) in [6, 6.07) is 5.70. The van der Waals surface area contributed by atoms with Gasteiger partial charge in [-0.3, -0.25) is 9.69 Å². The van der Waals surface area contributed by atoms with E-state index in [1.807, 2.05) is 18.2 Å². The quantitative estimate of drug-likeness (QED) is 0.738. The monoisotopic (exact) mass is 397 g/mol. The summed E-state index contributed by atoms with van der Waals surface area (Å²) in [5, 5.41) is 6.87. The van der Waals surface area contributed by atoms with Gasteiger partial charge >= 0.3 is 0 Å². The van der Waals surface area contributed by atoms with Gasteiger partial charge in [-0.2, -0.15) is 0 Å². The minimum Gasteiger partial charge on any atom is -0.359 e. The standard InChI is InChI=1S/C22H31N5O2/c1-2-4-19-13-20(29-25-19)15-24-22(28)18-7-8-21(23-14-18)27-11-9-26(10-12-27)16-17-5-3-6-17/h7-8,13-14,17H,2-6,9-12,15-16H2,1H3,(H,24,28). The Kier molecular flexibility index (Phi) is 6.44. The number of hydrogen-bond donors (Lipinski definition) is 1. The zero-order valence-electron chi connectivity index (χ0n) is 17.3. The second kappa shape index (κ2) is 9.39. The Morgan fingerprint density at radius 1 is 1.24 bits per heavy atom. The lowest BCUT2D eigenvalue weighted by Gasteiger charge is -2.38. The molecule has 0 radical (unpaired) electrons. The van der Waals surface area contributed by atoms with Gasteiger partial charge in [0.25, 0.3) is 5.91 Å². The molecule has 1 amide bonds. The van der Waals surface area contributed by atoms with E-state index < -0.39 is 0 Å². The lowest BCUT2D eigenvalue weighted by atomic mass is 9.85. The average molecular weight is 398 g/mol. The fourth-order valence-corrected chi connectivity index (χ4v) is 3.99. The van der Waals surface area contributed by atoms with Crippen molar-refractivity contribution < 1.29 is 9.32 Å². The van der Waals surface area contributed by atoms with Crippen molar-refractivity contribution in [1.82, 2.24) is 20.4 Å².